The molecule has 0 aliphatic rings. The minimum Gasteiger partial charge on any atom is -0.493 e. The third kappa shape index (κ3) is 3.77. The molecule has 0 fully saturated rings. The van der Waals surface area contributed by atoms with Crippen molar-refractivity contribution in [3.05, 3.63) is 23.8 Å². The maximum Gasteiger partial charge on any atom is 0.245 e. The molecule has 1 rings (SSSR count). The molecule has 6 heteroatoms. The van der Waals surface area contributed by atoms with Crippen LogP contribution in [0.1, 0.15) is 17.9 Å². The Hall–Kier alpha value is -1.46. The number of alkyl halides is 1. The summed E-state index contributed by atoms with van der Waals surface area (Å²) >= 11 is 6.22. The van der Waals surface area contributed by atoms with E-state index in [1.54, 1.807) is 25.3 Å². The molecule has 0 saturated carbocycles. The molecule has 0 saturated heterocycles. The van der Waals surface area contributed by atoms with Gasteiger partial charge in [0.1, 0.15) is 5.38 Å². The van der Waals surface area contributed by atoms with E-state index in [1.165, 1.54) is 12.0 Å². The average molecular weight is 302 g/mol. The molecular weight excluding hydrogens is 282 g/mol. The van der Waals surface area contributed by atoms with Gasteiger partial charge < -0.3 is 19.5 Å². The minimum absolute atomic E-state index is 0.0882. The van der Waals surface area contributed by atoms with E-state index in [9.17, 15) is 4.79 Å². The Kier molecular flexibility index (Phi) is 6.61. The van der Waals surface area contributed by atoms with Crippen LogP contribution in [0.25, 0.3) is 0 Å². The molecule has 0 spiro atoms. The van der Waals surface area contributed by atoms with Gasteiger partial charge in [-0.3, -0.25) is 4.79 Å². The summed E-state index contributed by atoms with van der Waals surface area (Å²) in [5.74, 6) is 0.861. The number of benzene rings is 1. The smallest absolute Gasteiger partial charge is 0.245 e. The fourth-order valence-corrected chi connectivity index (χ4v) is 2.13. The first-order valence-electron chi connectivity index (χ1n) is 6.34. The molecule has 1 unspecified atom stereocenters. The number of ether oxygens (including phenoxy) is 2. The number of halogens is 1. The molecule has 0 aliphatic carbocycles. The number of carbonyl (C=O) groups excluding carboxylic acids is 1. The van der Waals surface area contributed by atoms with E-state index >= 15 is 0 Å². The van der Waals surface area contributed by atoms with Crippen LogP contribution in [0, 0.1) is 0 Å². The van der Waals surface area contributed by atoms with E-state index in [4.69, 9.17) is 26.2 Å². The summed E-state index contributed by atoms with van der Waals surface area (Å²) in [6, 6.07) is 5.12. The summed E-state index contributed by atoms with van der Waals surface area (Å²) < 4.78 is 10.3. The average Bonchev–Trinajstić information content (AvgIpc) is 2.50. The first kappa shape index (κ1) is 16.6. The van der Waals surface area contributed by atoms with Crippen LogP contribution in [0.4, 0.5) is 0 Å². The zero-order valence-electron chi connectivity index (χ0n) is 11.9. The lowest BCUT2D eigenvalue weighted by molar-refractivity contribution is -0.131. The SMILES string of the molecule is CCN(CCO)C(=O)C(Cl)c1ccc(OC)c(OC)c1. The maximum atomic E-state index is 12.2. The molecule has 0 radical (unpaired) electrons. The molecule has 0 bridgehead atoms. The molecule has 20 heavy (non-hydrogen) atoms. The standard InChI is InChI=1S/C14H20ClNO4/c1-4-16(7-8-17)14(18)13(15)10-5-6-11(19-2)12(9-10)20-3/h5-6,9,13,17H,4,7-8H2,1-3H3. The van der Waals surface area contributed by atoms with Crippen LogP contribution in [0.2, 0.25) is 0 Å². The van der Waals surface area contributed by atoms with Crippen LogP contribution in [0.15, 0.2) is 18.2 Å². The first-order valence-corrected chi connectivity index (χ1v) is 6.78. The quantitative estimate of drug-likeness (QED) is 0.781. The van der Waals surface area contributed by atoms with Crippen molar-refractivity contribution in [1.29, 1.82) is 0 Å². The number of likely N-dealkylation sites (N-methyl/N-ethyl adjacent to an activating group) is 1. The van der Waals surface area contributed by atoms with Crippen LogP contribution in [-0.4, -0.2) is 49.8 Å². The molecule has 5 nitrogen and oxygen atoms in total. The zero-order valence-corrected chi connectivity index (χ0v) is 12.7. The number of carbonyl (C=O) groups is 1. The van der Waals surface area contributed by atoms with Crippen molar-refractivity contribution in [3.63, 3.8) is 0 Å². The number of hydrogen-bond donors (Lipinski definition) is 1. The van der Waals surface area contributed by atoms with E-state index < -0.39 is 5.38 Å². The van der Waals surface area contributed by atoms with E-state index in [2.05, 4.69) is 0 Å². The zero-order chi connectivity index (χ0) is 15.1. The van der Waals surface area contributed by atoms with Gasteiger partial charge >= 0.3 is 0 Å². The van der Waals surface area contributed by atoms with Gasteiger partial charge in [0.15, 0.2) is 11.5 Å². The number of rotatable bonds is 7. The summed E-state index contributed by atoms with van der Waals surface area (Å²) in [7, 11) is 3.07. The lowest BCUT2D eigenvalue weighted by Gasteiger charge is -2.23. The molecular formula is C14H20ClNO4. The Bertz CT molecular complexity index is 453. The van der Waals surface area contributed by atoms with Crippen molar-refractivity contribution >= 4 is 17.5 Å². The predicted molar refractivity (Wildman–Crippen MR) is 77.5 cm³/mol. The molecule has 1 N–H and O–H groups in total. The number of aliphatic hydroxyl groups excluding tert-OH is 1. The van der Waals surface area contributed by atoms with Crippen molar-refractivity contribution in [3.8, 4) is 11.5 Å². The number of hydrogen-bond acceptors (Lipinski definition) is 4. The second-order valence-corrected chi connectivity index (χ2v) is 4.55. The van der Waals surface area contributed by atoms with Gasteiger partial charge in [-0.15, -0.1) is 11.6 Å². The number of methoxy groups -OCH3 is 2. The van der Waals surface area contributed by atoms with Gasteiger partial charge in [0, 0.05) is 13.1 Å². The Morgan fingerprint density at radius 2 is 2.00 bits per heavy atom. The Balaban J connectivity index is 2.96. The minimum atomic E-state index is -0.818. The van der Waals surface area contributed by atoms with Crippen LogP contribution in [-0.2, 0) is 4.79 Å². The summed E-state index contributed by atoms with van der Waals surface area (Å²) in [6.07, 6.45) is 0. The summed E-state index contributed by atoms with van der Waals surface area (Å²) in [5.41, 5.74) is 0.630. The molecule has 1 amide bonds. The van der Waals surface area contributed by atoms with Crippen molar-refractivity contribution in [2.24, 2.45) is 0 Å². The normalized spacial score (nSPS) is 11.8. The molecule has 0 aliphatic heterocycles. The highest BCUT2D eigenvalue weighted by Crippen LogP contribution is 2.32. The second-order valence-electron chi connectivity index (χ2n) is 4.12. The summed E-state index contributed by atoms with van der Waals surface area (Å²) in [5, 5.41) is 8.13. The predicted octanol–water partition coefficient (Wildman–Crippen LogP) is 1.82. The first-order chi connectivity index (χ1) is 9.58. The lowest BCUT2D eigenvalue weighted by Crippen LogP contribution is -2.35. The number of amides is 1. The summed E-state index contributed by atoms with van der Waals surface area (Å²) in [6.45, 7) is 2.52. The third-order valence-corrected chi connectivity index (χ3v) is 3.42. The Labute approximate surface area is 124 Å². The molecule has 1 atom stereocenters. The summed E-state index contributed by atoms with van der Waals surface area (Å²) in [4.78, 5) is 13.7. The molecule has 112 valence electrons. The fraction of sp³-hybridized carbons (Fsp3) is 0.500. The largest absolute Gasteiger partial charge is 0.493 e. The van der Waals surface area contributed by atoms with Crippen molar-refractivity contribution in [2.45, 2.75) is 12.3 Å². The maximum absolute atomic E-state index is 12.2. The number of nitrogens with zero attached hydrogens (tertiary/aromatic N) is 1. The monoisotopic (exact) mass is 301 g/mol. The van der Waals surface area contributed by atoms with Crippen molar-refractivity contribution in [1.82, 2.24) is 4.90 Å². The van der Waals surface area contributed by atoms with Crippen LogP contribution < -0.4 is 9.47 Å². The fourth-order valence-electron chi connectivity index (χ4n) is 1.86. The molecule has 1 aromatic rings. The topological polar surface area (TPSA) is 59.0 Å². The van der Waals surface area contributed by atoms with Crippen LogP contribution in [0.5, 0.6) is 11.5 Å². The highest BCUT2D eigenvalue weighted by Gasteiger charge is 2.23. The molecule has 0 heterocycles. The lowest BCUT2D eigenvalue weighted by atomic mass is 10.1. The molecule has 1 aromatic carbocycles. The van der Waals surface area contributed by atoms with E-state index in [1.807, 2.05) is 6.92 Å². The van der Waals surface area contributed by atoms with Gasteiger partial charge in [-0.1, -0.05) is 6.07 Å². The van der Waals surface area contributed by atoms with Crippen LogP contribution in [0.3, 0.4) is 0 Å². The Morgan fingerprint density at radius 1 is 1.35 bits per heavy atom. The van der Waals surface area contributed by atoms with Crippen LogP contribution >= 0.6 is 11.6 Å². The van der Waals surface area contributed by atoms with Gasteiger partial charge in [0.25, 0.3) is 0 Å². The highest BCUT2D eigenvalue weighted by molar-refractivity contribution is 6.30. The van der Waals surface area contributed by atoms with Gasteiger partial charge in [0.05, 0.1) is 20.8 Å². The third-order valence-electron chi connectivity index (χ3n) is 2.98. The second kappa shape index (κ2) is 7.97. The highest BCUT2D eigenvalue weighted by atomic mass is 35.5. The van der Waals surface area contributed by atoms with E-state index in [0.29, 0.717) is 23.6 Å². The van der Waals surface area contributed by atoms with Gasteiger partial charge in [-0.05, 0) is 24.6 Å². The van der Waals surface area contributed by atoms with Crippen molar-refractivity contribution < 1.29 is 19.4 Å². The van der Waals surface area contributed by atoms with Gasteiger partial charge in [0.2, 0.25) is 5.91 Å². The van der Waals surface area contributed by atoms with E-state index in [0.717, 1.165) is 0 Å². The van der Waals surface area contributed by atoms with Gasteiger partial charge in [-0.2, -0.15) is 0 Å². The molecule has 0 aromatic heterocycles. The van der Waals surface area contributed by atoms with Gasteiger partial charge in [-0.25, -0.2) is 0 Å². The number of aliphatic hydroxyl groups is 1. The van der Waals surface area contributed by atoms with E-state index in [-0.39, 0.29) is 19.1 Å². The van der Waals surface area contributed by atoms with Crippen molar-refractivity contribution in [2.75, 3.05) is 33.9 Å². The Morgan fingerprint density at radius 3 is 2.50 bits per heavy atom.